The monoisotopic (exact) mass is 391 g/mol. The van der Waals surface area contributed by atoms with Crippen molar-refractivity contribution in [1.29, 1.82) is 5.26 Å². The predicted molar refractivity (Wildman–Crippen MR) is 88.1 cm³/mol. The van der Waals surface area contributed by atoms with Crippen LogP contribution in [0.15, 0.2) is 27.0 Å². The van der Waals surface area contributed by atoms with Gasteiger partial charge >= 0.3 is 0 Å². The van der Waals surface area contributed by atoms with Crippen molar-refractivity contribution in [3.8, 4) is 6.07 Å². The van der Waals surface area contributed by atoms with E-state index in [0.29, 0.717) is 4.47 Å². The number of halogens is 2. The Morgan fingerprint density at radius 3 is 2.77 bits per heavy atom. The molecule has 122 valence electrons. The normalized spacial score (nSPS) is 15.7. The van der Waals surface area contributed by atoms with Gasteiger partial charge in [0.05, 0.1) is 34.7 Å². The maximum atomic E-state index is 13.9. The molecule has 0 aliphatic rings. The number of aliphatic hydroxyl groups is 1. The molecule has 2 atom stereocenters. The van der Waals surface area contributed by atoms with Crippen LogP contribution in [0.25, 0.3) is 0 Å². The van der Waals surface area contributed by atoms with Gasteiger partial charge in [0.15, 0.2) is 0 Å². The molecular weight excluding hydrogens is 373 g/mol. The van der Waals surface area contributed by atoms with Gasteiger partial charge in [-0.2, -0.15) is 5.26 Å². The predicted octanol–water partition coefficient (Wildman–Crippen LogP) is 2.35. The number of hydrogen-bond donors (Lipinski definition) is 2. The number of benzene rings is 1. The fourth-order valence-electron chi connectivity index (χ4n) is 1.81. The van der Waals surface area contributed by atoms with Gasteiger partial charge in [-0.15, -0.1) is 0 Å². The van der Waals surface area contributed by atoms with Crippen LogP contribution >= 0.6 is 15.9 Å². The van der Waals surface area contributed by atoms with Crippen LogP contribution in [0, 0.1) is 17.1 Å². The fraction of sp³-hybridized carbons (Fsp3) is 0.500. The third-order valence-electron chi connectivity index (χ3n) is 3.23. The maximum Gasteiger partial charge on any atom is 0.135 e. The van der Waals surface area contributed by atoms with Crippen LogP contribution in [0.4, 0.5) is 4.39 Å². The van der Waals surface area contributed by atoms with E-state index in [2.05, 4.69) is 20.3 Å². The van der Waals surface area contributed by atoms with E-state index in [-0.39, 0.29) is 24.5 Å². The van der Waals surface area contributed by atoms with Crippen molar-refractivity contribution in [1.82, 2.24) is 0 Å². The zero-order valence-electron chi connectivity index (χ0n) is 12.4. The zero-order chi connectivity index (χ0) is 17.0. The number of hydrogen-bond acceptors (Lipinski definition) is 5. The number of nitrogens with two attached hydrogens (primary N) is 1. The molecule has 0 fully saturated rings. The van der Waals surface area contributed by atoms with Gasteiger partial charge in [0.25, 0.3) is 0 Å². The first-order valence-corrected chi connectivity index (χ1v) is 9.07. The molecule has 0 amide bonds. The highest BCUT2D eigenvalue weighted by atomic mass is 79.9. The van der Waals surface area contributed by atoms with Gasteiger partial charge in [-0.05, 0) is 32.0 Å². The smallest absolute Gasteiger partial charge is 0.135 e. The highest BCUT2D eigenvalue weighted by Crippen LogP contribution is 2.27. The average Bonchev–Trinajstić information content (AvgIpc) is 2.47. The van der Waals surface area contributed by atoms with Gasteiger partial charge in [-0.1, -0.05) is 15.9 Å². The number of nitrogens with zero attached hydrogens (tertiary/aromatic N) is 2. The zero-order valence-corrected chi connectivity index (χ0v) is 14.8. The van der Waals surface area contributed by atoms with Gasteiger partial charge in [-0.25, -0.2) is 13.0 Å². The molecule has 1 aromatic carbocycles. The van der Waals surface area contributed by atoms with E-state index in [0.717, 1.165) is 0 Å². The van der Waals surface area contributed by atoms with Gasteiger partial charge in [0.2, 0.25) is 0 Å². The third kappa shape index (κ3) is 4.26. The number of aliphatic hydroxyl groups excluding tert-OH is 1. The number of nitriles is 1. The van der Waals surface area contributed by atoms with Crippen molar-refractivity contribution in [3.63, 3.8) is 0 Å². The quantitative estimate of drug-likeness (QED) is 0.776. The topological polar surface area (TPSA) is 99.5 Å². The fourth-order valence-corrected chi connectivity index (χ4v) is 4.22. The molecule has 3 N–H and O–H groups in total. The van der Waals surface area contributed by atoms with Crippen LogP contribution in [0.5, 0.6) is 0 Å². The summed E-state index contributed by atoms with van der Waals surface area (Å²) in [5.74, 6) is -0.671. The summed E-state index contributed by atoms with van der Waals surface area (Å²) in [6.07, 6.45) is 0. The Labute approximate surface area is 138 Å². The lowest BCUT2D eigenvalue weighted by atomic mass is 10.1. The van der Waals surface area contributed by atoms with Crippen LogP contribution < -0.4 is 5.73 Å². The summed E-state index contributed by atoms with van der Waals surface area (Å²) in [6.45, 7) is 2.66. The lowest BCUT2D eigenvalue weighted by molar-refractivity contribution is 0.307. The van der Waals surface area contributed by atoms with Crippen molar-refractivity contribution in [2.45, 2.75) is 24.6 Å². The largest absolute Gasteiger partial charge is 0.394 e. The molecule has 0 saturated carbocycles. The Morgan fingerprint density at radius 1 is 1.59 bits per heavy atom. The molecule has 5 nitrogen and oxygen atoms in total. The highest BCUT2D eigenvalue weighted by molar-refractivity contribution is 9.10. The Hall–Kier alpha value is -1.01. The molecule has 0 radical (unpaired) electrons. The highest BCUT2D eigenvalue weighted by Gasteiger charge is 2.34. The van der Waals surface area contributed by atoms with Crippen LogP contribution in [-0.2, 0) is 9.73 Å². The van der Waals surface area contributed by atoms with E-state index >= 15 is 0 Å². The molecule has 0 heterocycles. The Morgan fingerprint density at radius 2 is 2.23 bits per heavy atom. The van der Waals surface area contributed by atoms with Crippen molar-refractivity contribution in [3.05, 3.63) is 34.1 Å². The molecule has 1 rings (SSSR count). The summed E-state index contributed by atoms with van der Waals surface area (Å²) in [5, 5.41) is 18.1. The van der Waals surface area contributed by atoms with E-state index in [9.17, 15) is 13.9 Å². The number of rotatable bonds is 6. The molecule has 0 saturated heterocycles. The second kappa shape index (κ2) is 7.51. The first kappa shape index (κ1) is 19.0. The van der Waals surface area contributed by atoms with Gasteiger partial charge in [0, 0.05) is 16.1 Å². The molecule has 1 aromatic rings. The minimum atomic E-state index is -3.06. The first-order valence-electron chi connectivity index (χ1n) is 6.59. The summed E-state index contributed by atoms with van der Waals surface area (Å²) in [5.41, 5.74) is 6.21. The summed E-state index contributed by atoms with van der Waals surface area (Å²) in [4.78, 5) is 0. The Balaban J connectivity index is 3.24. The van der Waals surface area contributed by atoms with Crippen LogP contribution in [0.2, 0.25) is 0 Å². The van der Waals surface area contributed by atoms with Crippen molar-refractivity contribution >= 4 is 25.7 Å². The second-order valence-electron chi connectivity index (χ2n) is 5.28. The van der Waals surface area contributed by atoms with Crippen molar-refractivity contribution in [2.24, 2.45) is 10.1 Å². The maximum absolute atomic E-state index is 13.9. The molecule has 0 spiro atoms. The van der Waals surface area contributed by atoms with Crippen LogP contribution in [-0.4, -0.2) is 33.0 Å². The SMILES string of the molecule is CC(C)(C#N)[S@@](=O)(C[C@@H](N)c1cc(Br)ccc1F)=NCCO. The lowest BCUT2D eigenvalue weighted by Gasteiger charge is -2.25. The summed E-state index contributed by atoms with van der Waals surface area (Å²) < 4.78 is 30.3. The molecule has 0 aliphatic carbocycles. The minimum absolute atomic E-state index is 0.0579. The molecule has 0 aromatic heterocycles. The summed E-state index contributed by atoms with van der Waals surface area (Å²) in [7, 11) is -3.06. The van der Waals surface area contributed by atoms with E-state index in [4.69, 9.17) is 10.8 Å². The molecule has 22 heavy (non-hydrogen) atoms. The van der Waals surface area contributed by atoms with Crippen molar-refractivity contribution in [2.75, 3.05) is 18.9 Å². The molecule has 0 aliphatic heterocycles. The van der Waals surface area contributed by atoms with Crippen LogP contribution in [0.3, 0.4) is 0 Å². The van der Waals surface area contributed by atoms with E-state index in [1.54, 1.807) is 0 Å². The standard InChI is InChI=1S/C14H19BrFN3O2S/c1-14(2,9-17)22(21,19-5-6-20)8-13(18)11-7-10(15)3-4-12(11)16/h3-4,7,13,20H,5-6,8,18H2,1-2H3/t13-,22+/m1/s1. The van der Waals surface area contributed by atoms with E-state index in [1.165, 1.54) is 32.0 Å². The van der Waals surface area contributed by atoms with Gasteiger partial charge in [0.1, 0.15) is 10.6 Å². The molecule has 0 unspecified atom stereocenters. The van der Waals surface area contributed by atoms with Crippen molar-refractivity contribution < 1.29 is 13.7 Å². The molecule has 8 heteroatoms. The van der Waals surface area contributed by atoms with Gasteiger partial charge < -0.3 is 10.8 Å². The Kier molecular flexibility index (Phi) is 6.50. The second-order valence-corrected chi connectivity index (χ2v) is 9.09. The summed E-state index contributed by atoms with van der Waals surface area (Å²) in [6, 6.07) is 5.41. The van der Waals surface area contributed by atoms with E-state index < -0.39 is 26.3 Å². The third-order valence-corrected chi connectivity index (χ3v) is 6.82. The van der Waals surface area contributed by atoms with Gasteiger partial charge in [-0.3, -0.25) is 0 Å². The lowest BCUT2D eigenvalue weighted by Crippen LogP contribution is -2.36. The minimum Gasteiger partial charge on any atom is -0.394 e. The molecular formula is C14H19BrFN3O2S. The summed E-state index contributed by atoms with van der Waals surface area (Å²) >= 11 is 3.24. The Bertz CT molecular complexity index is 694. The first-order chi connectivity index (χ1) is 10.2. The van der Waals surface area contributed by atoms with Crippen LogP contribution in [0.1, 0.15) is 25.5 Å². The van der Waals surface area contributed by atoms with E-state index in [1.807, 2.05) is 6.07 Å². The molecule has 0 bridgehead atoms. The average molecular weight is 392 g/mol.